The molecule has 2 fully saturated rings. The number of ether oxygens (including phenoxy) is 1. The van der Waals surface area contributed by atoms with Gasteiger partial charge in [0.15, 0.2) is 0 Å². The molecule has 0 aliphatic carbocycles. The number of rotatable bonds is 6. The zero-order chi connectivity index (χ0) is 16.1. The third-order valence-electron chi connectivity index (χ3n) is 5.24. The highest BCUT2D eigenvalue weighted by Crippen LogP contribution is 2.29. The molecule has 2 atom stereocenters. The summed E-state index contributed by atoms with van der Waals surface area (Å²) in [6, 6.07) is 11.2. The monoisotopic (exact) mass is 316 g/mol. The Balaban J connectivity index is 1.44. The summed E-state index contributed by atoms with van der Waals surface area (Å²) in [4.78, 5) is 17.0. The van der Waals surface area contributed by atoms with Gasteiger partial charge in [0.2, 0.25) is 5.91 Å². The number of hydrogen-bond acceptors (Lipinski definition) is 3. The second kappa shape index (κ2) is 7.93. The summed E-state index contributed by atoms with van der Waals surface area (Å²) in [6.45, 7) is 2.89. The number of likely N-dealkylation sites (tertiary alicyclic amines) is 2. The molecular formula is C19H28N2O2. The van der Waals surface area contributed by atoms with Crippen molar-refractivity contribution in [1.29, 1.82) is 0 Å². The molecule has 1 aromatic carbocycles. The molecule has 0 saturated carbocycles. The van der Waals surface area contributed by atoms with E-state index < -0.39 is 0 Å². The zero-order valence-corrected chi connectivity index (χ0v) is 14.1. The predicted molar refractivity (Wildman–Crippen MR) is 91.4 cm³/mol. The maximum Gasteiger partial charge on any atom is 0.248 e. The predicted octanol–water partition coefficient (Wildman–Crippen LogP) is 2.33. The highest BCUT2D eigenvalue weighted by atomic mass is 16.5. The number of benzene rings is 1. The standard InChI is InChI=1S/C19H28N2O2/c1-20-12-5-9-17(20)18-10-6-13-21(18)19(22)15-23-14-11-16-7-3-2-4-8-16/h2-4,7-8,17-18H,5-6,9-15H2,1H3/t17-,18-/m0/s1. The van der Waals surface area contributed by atoms with Crippen LogP contribution in [0.4, 0.5) is 0 Å². The average Bonchev–Trinajstić information content (AvgIpc) is 3.20. The molecule has 0 aromatic heterocycles. The van der Waals surface area contributed by atoms with Crippen molar-refractivity contribution in [3.05, 3.63) is 35.9 Å². The van der Waals surface area contributed by atoms with Gasteiger partial charge in [-0.25, -0.2) is 0 Å². The Morgan fingerprint density at radius 3 is 2.61 bits per heavy atom. The zero-order valence-electron chi connectivity index (χ0n) is 14.1. The van der Waals surface area contributed by atoms with Crippen molar-refractivity contribution in [1.82, 2.24) is 9.80 Å². The van der Waals surface area contributed by atoms with Gasteiger partial charge in [-0.3, -0.25) is 4.79 Å². The Morgan fingerprint density at radius 1 is 1.13 bits per heavy atom. The van der Waals surface area contributed by atoms with Gasteiger partial charge in [0.25, 0.3) is 0 Å². The van der Waals surface area contributed by atoms with Crippen LogP contribution < -0.4 is 0 Å². The van der Waals surface area contributed by atoms with Crippen LogP contribution in [0.1, 0.15) is 31.2 Å². The summed E-state index contributed by atoms with van der Waals surface area (Å²) in [7, 11) is 2.19. The van der Waals surface area contributed by atoms with E-state index in [1.807, 2.05) is 18.2 Å². The van der Waals surface area contributed by atoms with Crippen LogP contribution in [-0.4, -0.2) is 61.1 Å². The SMILES string of the molecule is CN1CCC[C@H]1[C@@H]1CCCN1C(=O)COCCc1ccccc1. The van der Waals surface area contributed by atoms with Gasteiger partial charge in [-0.15, -0.1) is 0 Å². The Hall–Kier alpha value is -1.39. The first-order valence-electron chi connectivity index (χ1n) is 8.87. The van der Waals surface area contributed by atoms with E-state index in [-0.39, 0.29) is 12.5 Å². The number of likely N-dealkylation sites (N-methyl/N-ethyl adjacent to an activating group) is 1. The van der Waals surface area contributed by atoms with E-state index in [1.54, 1.807) is 0 Å². The molecule has 0 N–H and O–H groups in total. The first kappa shape index (κ1) is 16.5. The number of carbonyl (C=O) groups excluding carboxylic acids is 1. The molecule has 4 heteroatoms. The molecule has 2 aliphatic rings. The van der Waals surface area contributed by atoms with Gasteiger partial charge in [-0.1, -0.05) is 30.3 Å². The minimum atomic E-state index is 0.167. The van der Waals surface area contributed by atoms with Crippen molar-refractivity contribution in [3.8, 4) is 0 Å². The molecule has 4 nitrogen and oxygen atoms in total. The van der Waals surface area contributed by atoms with Crippen LogP contribution >= 0.6 is 0 Å². The normalized spacial score (nSPS) is 25.2. The van der Waals surface area contributed by atoms with Gasteiger partial charge in [0.05, 0.1) is 6.61 Å². The molecule has 126 valence electrons. The van der Waals surface area contributed by atoms with Crippen LogP contribution in [0.25, 0.3) is 0 Å². The van der Waals surface area contributed by atoms with E-state index in [2.05, 4.69) is 29.0 Å². The van der Waals surface area contributed by atoms with Crippen molar-refractivity contribution in [2.75, 3.05) is 33.4 Å². The lowest BCUT2D eigenvalue weighted by Gasteiger charge is -2.33. The summed E-state index contributed by atoms with van der Waals surface area (Å²) >= 11 is 0. The van der Waals surface area contributed by atoms with Gasteiger partial charge in [-0.2, -0.15) is 0 Å². The Labute approximate surface area is 139 Å². The minimum Gasteiger partial charge on any atom is -0.371 e. The van der Waals surface area contributed by atoms with E-state index in [4.69, 9.17) is 4.74 Å². The van der Waals surface area contributed by atoms with Gasteiger partial charge < -0.3 is 14.5 Å². The molecule has 0 radical (unpaired) electrons. The second-order valence-electron chi connectivity index (χ2n) is 6.78. The third kappa shape index (κ3) is 4.12. The maximum absolute atomic E-state index is 12.5. The molecule has 2 aliphatic heterocycles. The largest absolute Gasteiger partial charge is 0.371 e. The lowest BCUT2D eigenvalue weighted by atomic mass is 10.0. The van der Waals surface area contributed by atoms with Crippen LogP contribution in [0.2, 0.25) is 0 Å². The Kier molecular flexibility index (Phi) is 5.68. The van der Waals surface area contributed by atoms with Gasteiger partial charge >= 0.3 is 0 Å². The summed E-state index contributed by atoms with van der Waals surface area (Å²) in [6.07, 6.45) is 5.62. The molecule has 1 amide bonds. The molecule has 23 heavy (non-hydrogen) atoms. The lowest BCUT2D eigenvalue weighted by Crippen LogP contribution is -2.48. The third-order valence-corrected chi connectivity index (χ3v) is 5.24. The average molecular weight is 316 g/mol. The molecule has 3 rings (SSSR count). The molecule has 2 heterocycles. The summed E-state index contributed by atoms with van der Waals surface area (Å²) in [5.41, 5.74) is 1.26. The van der Waals surface area contributed by atoms with E-state index in [0.29, 0.717) is 18.7 Å². The number of hydrogen-bond donors (Lipinski definition) is 0. The first-order valence-corrected chi connectivity index (χ1v) is 8.87. The molecule has 0 bridgehead atoms. The fraction of sp³-hybridized carbons (Fsp3) is 0.632. The summed E-state index contributed by atoms with van der Waals surface area (Å²) in [5.74, 6) is 0.167. The fourth-order valence-corrected chi connectivity index (χ4v) is 4.00. The van der Waals surface area contributed by atoms with Gasteiger partial charge in [-0.05, 0) is 51.3 Å². The maximum atomic E-state index is 12.5. The quantitative estimate of drug-likeness (QED) is 0.755. The molecule has 0 unspecified atom stereocenters. The van der Waals surface area contributed by atoms with Crippen LogP contribution in [0.15, 0.2) is 30.3 Å². The van der Waals surface area contributed by atoms with Crippen molar-refractivity contribution < 1.29 is 9.53 Å². The smallest absolute Gasteiger partial charge is 0.248 e. The Bertz CT molecular complexity index is 505. The highest BCUT2D eigenvalue weighted by molar-refractivity contribution is 5.78. The van der Waals surface area contributed by atoms with E-state index in [1.165, 1.54) is 18.4 Å². The van der Waals surface area contributed by atoms with E-state index in [0.717, 1.165) is 32.4 Å². The molecule has 2 saturated heterocycles. The molecule has 1 aromatic rings. The first-order chi connectivity index (χ1) is 11.3. The molecular weight excluding hydrogens is 288 g/mol. The van der Waals surface area contributed by atoms with Crippen molar-refractivity contribution in [2.45, 2.75) is 44.2 Å². The number of nitrogens with zero attached hydrogens (tertiary/aromatic N) is 2. The molecule has 0 spiro atoms. The van der Waals surface area contributed by atoms with E-state index in [9.17, 15) is 4.79 Å². The topological polar surface area (TPSA) is 32.8 Å². The van der Waals surface area contributed by atoms with Crippen LogP contribution in [0.5, 0.6) is 0 Å². The Morgan fingerprint density at radius 2 is 1.87 bits per heavy atom. The van der Waals surface area contributed by atoms with Gasteiger partial charge in [0.1, 0.15) is 6.61 Å². The minimum absolute atomic E-state index is 0.167. The van der Waals surface area contributed by atoms with Crippen molar-refractivity contribution >= 4 is 5.91 Å². The fourth-order valence-electron chi connectivity index (χ4n) is 4.00. The lowest BCUT2D eigenvalue weighted by molar-refractivity contribution is -0.137. The van der Waals surface area contributed by atoms with Crippen LogP contribution in [-0.2, 0) is 16.0 Å². The number of amides is 1. The van der Waals surface area contributed by atoms with Crippen LogP contribution in [0.3, 0.4) is 0 Å². The van der Waals surface area contributed by atoms with Crippen molar-refractivity contribution in [2.24, 2.45) is 0 Å². The summed E-state index contributed by atoms with van der Waals surface area (Å²) in [5, 5.41) is 0. The van der Waals surface area contributed by atoms with Crippen molar-refractivity contribution in [3.63, 3.8) is 0 Å². The second-order valence-corrected chi connectivity index (χ2v) is 6.78. The summed E-state index contributed by atoms with van der Waals surface area (Å²) < 4.78 is 5.64. The van der Waals surface area contributed by atoms with Crippen LogP contribution in [0, 0.1) is 0 Å². The van der Waals surface area contributed by atoms with E-state index >= 15 is 0 Å². The highest BCUT2D eigenvalue weighted by Gasteiger charge is 2.38. The number of carbonyl (C=O) groups is 1. The van der Waals surface area contributed by atoms with Gasteiger partial charge in [0, 0.05) is 18.6 Å².